The number of hydrogen-bond acceptors (Lipinski definition) is 2. The molecule has 5 heteroatoms. The fraction of sp³-hybridized carbons (Fsp3) is 0.579. The number of carbonyl (C=O) groups is 1. The topological polar surface area (TPSA) is 65.5 Å². The smallest absolute Gasteiger partial charge is 0.239 e. The average Bonchev–Trinajstić information content (AvgIpc) is 2.53. The standard InChI is InChI=1S/C19H30N4O/c1-19(2,3)23-17(24)13-22-18(20-4)21-12-15-10-7-9-14-8-5-6-11-16(14)15/h5-6,8,11,15H,7,9-10,12-13H2,1-4H3,(H,23,24)(H2,20,21,22). The molecule has 0 saturated heterocycles. The van der Waals surface area contributed by atoms with Crippen LogP contribution in [0.1, 0.15) is 50.7 Å². The lowest BCUT2D eigenvalue weighted by Crippen LogP contribution is -2.48. The van der Waals surface area contributed by atoms with E-state index in [0.29, 0.717) is 11.9 Å². The van der Waals surface area contributed by atoms with Gasteiger partial charge in [0.05, 0.1) is 6.54 Å². The van der Waals surface area contributed by atoms with E-state index in [-0.39, 0.29) is 18.0 Å². The molecule has 1 aromatic carbocycles. The monoisotopic (exact) mass is 330 g/mol. The number of guanidine groups is 1. The Morgan fingerprint density at radius 3 is 2.71 bits per heavy atom. The molecule has 5 nitrogen and oxygen atoms in total. The van der Waals surface area contributed by atoms with Crippen LogP contribution < -0.4 is 16.0 Å². The van der Waals surface area contributed by atoms with Gasteiger partial charge in [-0.25, -0.2) is 0 Å². The number of fused-ring (bicyclic) bond motifs is 1. The van der Waals surface area contributed by atoms with Crippen LogP contribution in [0.3, 0.4) is 0 Å². The quantitative estimate of drug-likeness (QED) is 0.586. The minimum absolute atomic E-state index is 0.0338. The summed E-state index contributed by atoms with van der Waals surface area (Å²) in [5, 5.41) is 9.37. The summed E-state index contributed by atoms with van der Waals surface area (Å²) in [5.41, 5.74) is 2.68. The number of aryl methyl sites for hydroxylation is 1. The minimum atomic E-state index is -0.221. The molecule has 0 aromatic heterocycles. The second kappa shape index (κ2) is 8.18. The Hall–Kier alpha value is -2.04. The summed E-state index contributed by atoms with van der Waals surface area (Å²) in [6.45, 7) is 6.96. The summed E-state index contributed by atoms with van der Waals surface area (Å²) in [6, 6.07) is 8.68. The van der Waals surface area contributed by atoms with Crippen molar-refractivity contribution < 1.29 is 4.79 Å². The number of benzene rings is 1. The van der Waals surface area contributed by atoms with Gasteiger partial charge < -0.3 is 16.0 Å². The number of carbonyl (C=O) groups excluding carboxylic acids is 1. The van der Waals surface area contributed by atoms with E-state index in [4.69, 9.17) is 0 Å². The molecule has 0 fully saturated rings. The van der Waals surface area contributed by atoms with E-state index in [2.05, 4.69) is 45.2 Å². The molecule has 0 heterocycles. The zero-order chi connectivity index (χ0) is 17.6. The summed E-state index contributed by atoms with van der Waals surface area (Å²) in [7, 11) is 1.73. The predicted octanol–water partition coefficient (Wildman–Crippen LogP) is 2.19. The third-order valence-electron chi connectivity index (χ3n) is 4.16. The highest BCUT2D eigenvalue weighted by atomic mass is 16.2. The lowest BCUT2D eigenvalue weighted by Gasteiger charge is -2.26. The summed E-state index contributed by atoms with van der Waals surface area (Å²) in [4.78, 5) is 16.1. The molecule has 24 heavy (non-hydrogen) atoms. The van der Waals surface area contributed by atoms with Crippen LogP contribution in [-0.2, 0) is 11.2 Å². The number of rotatable bonds is 4. The van der Waals surface area contributed by atoms with Gasteiger partial charge in [-0.1, -0.05) is 24.3 Å². The molecule has 132 valence electrons. The molecule has 0 saturated carbocycles. The maximum absolute atomic E-state index is 11.9. The van der Waals surface area contributed by atoms with Crippen molar-refractivity contribution in [3.05, 3.63) is 35.4 Å². The Bertz CT molecular complexity index is 589. The molecule has 1 unspecified atom stereocenters. The van der Waals surface area contributed by atoms with Gasteiger partial charge in [-0.2, -0.15) is 0 Å². The molecule has 1 atom stereocenters. The molecular formula is C19H30N4O. The zero-order valence-corrected chi connectivity index (χ0v) is 15.3. The summed E-state index contributed by atoms with van der Waals surface area (Å²) < 4.78 is 0. The molecule has 3 N–H and O–H groups in total. The Morgan fingerprint density at radius 2 is 2.00 bits per heavy atom. The SMILES string of the molecule is CN=C(NCC(=O)NC(C)(C)C)NCC1CCCc2ccccc21. The number of hydrogen-bond donors (Lipinski definition) is 3. The van der Waals surface area contributed by atoms with Crippen molar-refractivity contribution >= 4 is 11.9 Å². The van der Waals surface area contributed by atoms with E-state index in [1.807, 2.05) is 20.8 Å². The van der Waals surface area contributed by atoms with Crippen LogP contribution in [-0.4, -0.2) is 37.5 Å². The highest BCUT2D eigenvalue weighted by molar-refractivity contribution is 5.86. The zero-order valence-electron chi connectivity index (χ0n) is 15.3. The minimum Gasteiger partial charge on any atom is -0.356 e. The van der Waals surface area contributed by atoms with Gasteiger partial charge in [-0.3, -0.25) is 9.79 Å². The lowest BCUT2D eigenvalue weighted by atomic mass is 9.83. The second-order valence-electron chi connectivity index (χ2n) is 7.39. The van der Waals surface area contributed by atoms with Gasteiger partial charge in [0.1, 0.15) is 0 Å². The third-order valence-corrected chi connectivity index (χ3v) is 4.16. The van der Waals surface area contributed by atoms with Crippen molar-refractivity contribution in [2.24, 2.45) is 4.99 Å². The molecule has 0 radical (unpaired) electrons. The van der Waals surface area contributed by atoms with Gasteiger partial charge >= 0.3 is 0 Å². The Kier molecular flexibility index (Phi) is 6.23. The van der Waals surface area contributed by atoms with Gasteiger partial charge in [0.25, 0.3) is 0 Å². The van der Waals surface area contributed by atoms with Crippen molar-refractivity contribution in [1.82, 2.24) is 16.0 Å². The molecule has 0 aliphatic heterocycles. The molecule has 1 aliphatic rings. The number of nitrogens with one attached hydrogen (secondary N) is 3. The first-order chi connectivity index (χ1) is 11.4. The molecule has 2 rings (SSSR count). The molecule has 1 aliphatic carbocycles. The Labute approximate surface area is 145 Å². The van der Waals surface area contributed by atoms with Crippen molar-refractivity contribution in [2.45, 2.75) is 51.5 Å². The average molecular weight is 330 g/mol. The van der Waals surface area contributed by atoms with Crippen LogP contribution >= 0.6 is 0 Å². The maximum Gasteiger partial charge on any atom is 0.239 e. The van der Waals surface area contributed by atoms with Gasteiger partial charge in [0.15, 0.2) is 5.96 Å². The largest absolute Gasteiger partial charge is 0.356 e. The molecule has 1 aromatic rings. The van der Waals surface area contributed by atoms with Crippen molar-refractivity contribution in [2.75, 3.05) is 20.1 Å². The van der Waals surface area contributed by atoms with Gasteiger partial charge in [0.2, 0.25) is 5.91 Å². The van der Waals surface area contributed by atoms with Gasteiger partial charge in [0, 0.05) is 25.0 Å². The van der Waals surface area contributed by atoms with Crippen LogP contribution in [0.25, 0.3) is 0 Å². The highest BCUT2D eigenvalue weighted by Gasteiger charge is 2.20. The fourth-order valence-corrected chi connectivity index (χ4v) is 3.13. The van der Waals surface area contributed by atoms with Crippen LogP contribution in [0.2, 0.25) is 0 Å². The Morgan fingerprint density at radius 1 is 1.25 bits per heavy atom. The van der Waals surface area contributed by atoms with E-state index < -0.39 is 0 Å². The molecular weight excluding hydrogens is 300 g/mol. The number of aliphatic imine (C=N–C) groups is 1. The van der Waals surface area contributed by atoms with Crippen LogP contribution in [0.4, 0.5) is 0 Å². The highest BCUT2D eigenvalue weighted by Crippen LogP contribution is 2.30. The predicted molar refractivity (Wildman–Crippen MR) is 99.4 cm³/mol. The van der Waals surface area contributed by atoms with Gasteiger partial charge in [-0.05, 0) is 51.2 Å². The second-order valence-corrected chi connectivity index (χ2v) is 7.39. The Balaban J connectivity index is 1.83. The van der Waals surface area contributed by atoms with Gasteiger partial charge in [-0.15, -0.1) is 0 Å². The first-order valence-electron chi connectivity index (χ1n) is 8.72. The summed E-state index contributed by atoms with van der Waals surface area (Å²) in [5.74, 6) is 1.13. The maximum atomic E-state index is 11.9. The fourth-order valence-electron chi connectivity index (χ4n) is 3.13. The third kappa shape index (κ3) is 5.55. The normalized spacial score (nSPS) is 17.8. The van der Waals surface area contributed by atoms with E-state index >= 15 is 0 Å². The number of amides is 1. The van der Waals surface area contributed by atoms with Crippen molar-refractivity contribution in [3.63, 3.8) is 0 Å². The summed E-state index contributed by atoms with van der Waals surface area (Å²) in [6.07, 6.45) is 3.58. The summed E-state index contributed by atoms with van der Waals surface area (Å²) >= 11 is 0. The van der Waals surface area contributed by atoms with Crippen molar-refractivity contribution in [1.29, 1.82) is 0 Å². The van der Waals surface area contributed by atoms with Crippen molar-refractivity contribution in [3.8, 4) is 0 Å². The first kappa shape index (κ1) is 18.3. The molecule has 1 amide bonds. The van der Waals surface area contributed by atoms with E-state index in [0.717, 1.165) is 6.54 Å². The molecule has 0 bridgehead atoms. The number of nitrogens with zero attached hydrogens (tertiary/aromatic N) is 1. The van der Waals surface area contributed by atoms with Crippen LogP contribution in [0.15, 0.2) is 29.3 Å². The first-order valence-corrected chi connectivity index (χ1v) is 8.72. The lowest BCUT2D eigenvalue weighted by molar-refractivity contribution is -0.121. The van der Waals surface area contributed by atoms with Crippen LogP contribution in [0.5, 0.6) is 0 Å². The van der Waals surface area contributed by atoms with E-state index in [9.17, 15) is 4.79 Å². The van der Waals surface area contributed by atoms with E-state index in [1.165, 1.54) is 30.4 Å². The van der Waals surface area contributed by atoms with Crippen LogP contribution in [0, 0.1) is 0 Å². The van der Waals surface area contributed by atoms with E-state index in [1.54, 1.807) is 7.05 Å². The molecule has 0 spiro atoms.